The molecule has 0 spiro atoms. The van der Waals surface area contributed by atoms with E-state index in [4.69, 9.17) is 10.3 Å². The maximum absolute atomic E-state index is 10.6. The summed E-state index contributed by atoms with van der Waals surface area (Å²) in [7, 11) is 0. The molecule has 0 aliphatic heterocycles. The molecule has 0 amide bonds. The standard InChI is InChI=1S/C9H15N3O2S/c1-3-12(11-15(13)14)8-4-5-9(10)7(2)6-8/h4-6,11H,3,10H2,1-2H3,(H,13,14). The Labute approximate surface area is 91.7 Å². The number of nitrogens with zero attached hydrogens (tertiary/aromatic N) is 1. The number of nitrogen functional groups attached to an aromatic ring is 1. The molecule has 1 atom stereocenters. The summed E-state index contributed by atoms with van der Waals surface area (Å²) < 4.78 is 19.4. The van der Waals surface area contributed by atoms with Crippen LogP contribution in [0.5, 0.6) is 0 Å². The maximum atomic E-state index is 10.6. The molecule has 0 heterocycles. The first-order chi connectivity index (χ1) is 7.04. The van der Waals surface area contributed by atoms with Crippen molar-refractivity contribution in [3.63, 3.8) is 0 Å². The lowest BCUT2D eigenvalue weighted by molar-refractivity contribution is 0.545. The zero-order valence-corrected chi connectivity index (χ0v) is 9.54. The molecule has 1 rings (SSSR count). The molecule has 84 valence electrons. The lowest BCUT2D eigenvalue weighted by atomic mass is 10.2. The van der Waals surface area contributed by atoms with Crippen LogP contribution in [-0.2, 0) is 11.3 Å². The van der Waals surface area contributed by atoms with Gasteiger partial charge in [0, 0.05) is 12.2 Å². The molecular weight excluding hydrogens is 214 g/mol. The largest absolute Gasteiger partial charge is 0.399 e. The quantitative estimate of drug-likeness (QED) is 0.409. The smallest absolute Gasteiger partial charge is 0.250 e. The molecule has 1 aromatic carbocycles. The predicted octanol–water partition coefficient (Wildman–Crippen LogP) is 1.04. The van der Waals surface area contributed by atoms with Crippen LogP contribution in [0.25, 0.3) is 0 Å². The summed E-state index contributed by atoms with van der Waals surface area (Å²) in [6, 6.07) is 5.43. The Balaban J connectivity index is 2.92. The molecule has 4 N–H and O–H groups in total. The summed E-state index contributed by atoms with van der Waals surface area (Å²) in [5, 5.41) is 1.59. The molecule has 0 radical (unpaired) electrons. The van der Waals surface area contributed by atoms with E-state index in [0.717, 1.165) is 11.3 Å². The second-order valence-corrected chi connectivity index (χ2v) is 3.81. The third-order valence-corrected chi connectivity index (χ3v) is 2.45. The van der Waals surface area contributed by atoms with E-state index in [0.29, 0.717) is 12.2 Å². The Morgan fingerprint density at radius 1 is 1.60 bits per heavy atom. The highest BCUT2D eigenvalue weighted by molar-refractivity contribution is 7.77. The van der Waals surface area contributed by atoms with E-state index >= 15 is 0 Å². The van der Waals surface area contributed by atoms with Crippen molar-refractivity contribution in [1.29, 1.82) is 0 Å². The molecule has 0 aliphatic carbocycles. The van der Waals surface area contributed by atoms with E-state index in [1.165, 1.54) is 0 Å². The average molecular weight is 229 g/mol. The third kappa shape index (κ3) is 3.19. The van der Waals surface area contributed by atoms with Crippen LogP contribution < -0.4 is 15.6 Å². The van der Waals surface area contributed by atoms with E-state index in [1.54, 1.807) is 17.1 Å². The summed E-state index contributed by atoms with van der Waals surface area (Å²) in [6.45, 7) is 4.35. The second kappa shape index (κ2) is 5.11. The lowest BCUT2D eigenvalue weighted by Crippen LogP contribution is -2.38. The third-order valence-electron chi connectivity index (χ3n) is 2.07. The average Bonchev–Trinajstić information content (AvgIpc) is 2.18. The molecule has 0 bridgehead atoms. The predicted molar refractivity (Wildman–Crippen MR) is 62.5 cm³/mol. The zero-order valence-electron chi connectivity index (χ0n) is 8.73. The van der Waals surface area contributed by atoms with Crippen LogP contribution in [0.1, 0.15) is 12.5 Å². The van der Waals surface area contributed by atoms with E-state index < -0.39 is 11.3 Å². The van der Waals surface area contributed by atoms with Crippen LogP contribution in [0.2, 0.25) is 0 Å². The molecule has 15 heavy (non-hydrogen) atoms. The number of hydrogen-bond donors (Lipinski definition) is 3. The number of aryl methyl sites for hydroxylation is 1. The Morgan fingerprint density at radius 2 is 2.27 bits per heavy atom. The van der Waals surface area contributed by atoms with E-state index in [-0.39, 0.29) is 0 Å². The minimum atomic E-state index is -2.06. The fraction of sp³-hybridized carbons (Fsp3) is 0.333. The van der Waals surface area contributed by atoms with Gasteiger partial charge in [0.2, 0.25) is 0 Å². The summed E-state index contributed by atoms with van der Waals surface area (Å²) in [6.07, 6.45) is 0. The highest BCUT2D eigenvalue weighted by Gasteiger charge is 2.06. The Bertz CT molecular complexity index is 370. The molecule has 0 aliphatic rings. The normalized spacial score (nSPS) is 12.5. The van der Waals surface area contributed by atoms with E-state index in [9.17, 15) is 4.21 Å². The van der Waals surface area contributed by atoms with Gasteiger partial charge in [-0.3, -0.25) is 9.56 Å². The maximum Gasteiger partial charge on any atom is 0.250 e. The molecule has 1 aromatic rings. The van der Waals surface area contributed by atoms with Crippen LogP contribution >= 0.6 is 0 Å². The van der Waals surface area contributed by atoms with Crippen LogP contribution in [-0.4, -0.2) is 15.3 Å². The van der Waals surface area contributed by atoms with Gasteiger partial charge in [-0.1, -0.05) is 0 Å². The first-order valence-electron chi connectivity index (χ1n) is 4.55. The molecule has 0 saturated carbocycles. The fourth-order valence-corrected chi connectivity index (χ4v) is 1.64. The van der Waals surface area contributed by atoms with Crippen molar-refractivity contribution in [2.24, 2.45) is 0 Å². The van der Waals surface area contributed by atoms with Crippen molar-refractivity contribution in [2.75, 3.05) is 17.3 Å². The molecule has 5 nitrogen and oxygen atoms in total. The van der Waals surface area contributed by atoms with Crippen molar-refractivity contribution < 1.29 is 8.76 Å². The van der Waals surface area contributed by atoms with Crippen molar-refractivity contribution in [3.8, 4) is 0 Å². The molecule has 1 unspecified atom stereocenters. The summed E-state index contributed by atoms with van der Waals surface area (Å²) in [5.74, 6) is 0. The summed E-state index contributed by atoms with van der Waals surface area (Å²) in [5.41, 5.74) is 8.14. The number of anilines is 2. The number of nitrogens with two attached hydrogens (primary N) is 1. The van der Waals surface area contributed by atoms with Gasteiger partial charge in [0.05, 0.1) is 5.69 Å². The SMILES string of the molecule is CCN(NS(=O)O)c1ccc(N)c(C)c1. The highest BCUT2D eigenvalue weighted by Crippen LogP contribution is 2.19. The van der Waals surface area contributed by atoms with Gasteiger partial charge in [-0.15, -0.1) is 4.83 Å². The molecule has 6 heteroatoms. The Kier molecular flexibility index (Phi) is 4.07. The Morgan fingerprint density at radius 3 is 2.73 bits per heavy atom. The number of hydrogen-bond acceptors (Lipinski definition) is 3. The number of benzene rings is 1. The molecule has 0 fully saturated rings. The lowest BCUT2D eigenvalue weighted by Gasteiger charge is -2.22. The van der Waals surface area contributed by atoms with Gasteiger partial charge in [0.15, 0.2) is 0 Å². The van der Waals surface area contributed by atoms with Gasteiger partial charge in [-0.2, -0.15) is 0 Å². The van der Waals surface area contributed by atoms with Crippen molar-refractivity contribution in [3.05, 3.63) is 23.8 Å². The summed E-state index contributed by atoms with van der Waals surface area (Å²) >= 11 is -2.06. The number of nitrogens with one attached hydrogen (secondary N) is 1. The number of rotatable bonds is 4. The Hall–Kier alpha value is -1.11. The highest BCUT2D eigenvalue weighted by atomic mass is 32.2. The van der Waals surface area contributed by atoms with E-state index in [1.807, 2.05) is 19.9 Å². The molecule has 0 saturated heterocycles. The van der Waals surface area contributed by atoms with Gasteiger partial charge in [-0.25, -0.2) is 4.21 Å². The topological polar surface area (TPSA) is 78.6 Å². The van der Waals surface area contributed by atoms with Crippen LogP contribution in [0, 0.1) is 6.92 Å². The minimum absolute atomic E-state index is 0.579. The van der Waals surface area contributed by atoms with Crippen molar-refractivity contribution >= 4 is 22.6 Å². The van der Waals surface area contributed by atoms with Gasteiger partial charge < -0.3 is 5.73 Å². The van der Waals surface area contributed by atoms with Gasteiger partial charge >= 0.3 is 0 Å². The van der Waals surface area contributed by atoms with Crippen LogP contribution in [0.4, 0.5) is 11.4 Å². The minimum Gasteiger partial charge on any atom is -0.399 e. The van der Waals surface area contributed by atoms with Crippen molar-refractivity contribution in [1.82, 2.24) is 4.83 Å². The fourth-order valence-electron chi connectivity index (χ4n) is 1.22. The number of hydrazine groups is 1. The summed E-state index contributed by atoms with van der Waals surface area (Å²) in [4.78, 5) is 2.41. The van der Waals surface area contributed by atoms with Gasteiger partial charge in [-0.05, 0) is 37.6 Å². The van der Waals surface area contributed by atoms with Crippen LogP contribution in [0.15, 0.2) is 18.2 Å². The van der Waals surface area contributed by atoms with Gasteiger partial charge in [0.1, 0.15) is 0 Å². The molecular formula is C9H15N3O2S. The first kappa shape index (κ1) is 12.0. The second-order valence-electron chi connectivity index (χ2n) is 3.13. The first-order valence-corrected chi connectivity index (χ1v) is 5.66. The molecule has 0 aromatic heterocycles. The zero-order chi connectivity index (χ0) is 11.4. The van der Waals surface area contributed by atoms with Crippen LogP contribution in [0.3, 0.4) is 0 Å². The van der Waals surface area contributed by atoms with Crippen molar-refractivity contribution in [2.45, 2.75) is 13.8 Å². The van der Waals surface area contributed by atoms with E-state index in [2.05, 4.69) is 4.83 Å². The van der Waals surface area contributed by atoms with Gasteiger partial charge in [0.25, 0.3) is 11.3 Å². The monoisotopic (exact) mass is 229 g/mol.